The van der Waals surface area contributed by atoms with Crippen LogP contribution < -0.4 is 9.47 Å². The van der Waals surface area contributed by atoms with Gasteiger partial charge in [-0.05, 0) is 135 Å². The third kappa shape index (κ3) is 12.4. The molecule has 0 heterocycles. The molecule has 6 heteroatoms. The van der Waals surface area contributed by atoms with Crippen molar-refractivity contribution in [1.29, 1.82) is 0 Å². The molecule has 0 aromatic heterocycles. The summed E-state index contributed by atoms with van der Waals surface area (Å²) < 4.78 is 67.1. The predicted molar refractivity (Wildman–Crippen MR) is 224 cm³/mol. The van der Waals surface area contributed by atoms with E-state index in [-0.39, 0.29) is 34.5 Å². The molecule has 2 saturated carbocycles. The quantitative estimate of drug-likeness (QED) is 0.112. The second-order valence-corrected chi connectivity index (χ2v) is 15.4. The minimum Gasteiger partial charge on any atom is -0.490 e. The smallest absolute Gasteiger partial charge is 0.201 e. The van der Waals surface area contributed by atoms with Crippen LogP contribution in [0, 0.1) is 58.8 Å². The molecular formula is C51H58F4O2. The Kier molecular flexibility index (Phi) is 17.0. The number of halogens is 4. The van der Waals surface area contributed by atoms with E-state index >= 15 is 0 Å². The molecule has 4 aromatic rings. The fraction of sp³-hybridized carbons (Fsp3) is 0.451. The lowest BCUT2D eigenvalue weighted by Gasteiger charge is -2.26. The molecule has 2 aliphatic carbocycles. The molecule has 0 spiro atoms. The first-order valence-corrected chi connectivity index (χ1v) is 21.2. The number of rotatable bonds is 11. The van der Waals surface area contributed by atoms with E-state index in [1.165, 1.54) is 52.9 Å². The second kappa shape index (κ2) is 22.3. The number of hydrogen-bond acceptors (Lipinski definition) is 2. The van der Waals surface area contributed by atoms with Crippen LogP contribution in [0.1, 0.15) is 144 Å². The van der Waals surface area contributed by atoms with Gasteiger partial charge in [0.1, 0.15) is 0 Å². The third-order valence-corrected chi connectivity index (χ3v) is 11.1. The van der Waals surface area contributed by atoms with Gasteiger partial charge in [-0.15, -0.1) is 0 Å². The Balaban J connectivity index is 0.000000218. The Morgan fingerprint density at radius 1 is 0.474 bits per heavy atom. The molecule has 0 saturated heterocycles. The summed E-state index contributed by atoms with van der Waals surface area (Å²) in [6.45, 7) is 8.94. The van der Waals surface area contributed by atoms with Crippen molar-refractivity contribution in [2.45, 2.75) is 123 Å². The first-order chi connectivity index (χ1) is 27.7. The average molecular weight is 779 g/mol. The molecule has 0 radical (unpaired) electrons. The Morgan fingerprint density at radius 3 is 1.25 bits per heavy atom. The zero-order valence-corrected chi connectivity index (χ0v) is 34.2. The van der Waals surface area contributed by atoms with E-state index in [0.717, 1.165) is 77.0 Å². The zero-order chi connectivity index (χ0) is 40.6. The summed E-state index contributed by atoms with van der Waals surface area (Å²) in [7, 11) is 0. The summed E-state index contributed by atoms with van der Waals surface area (Å²) in [5.74, 6) is 9.89. The maximum atomic E-state index is 14.3. The molecule has 0 aliphatic heterocycles. The van der Waals surface area contributed by atoms with Gasteiger partial charge in [0.05, 0.1) is 24.3 Å². The lowest BCUT2D eigenvalue weighted by atomic mass is 9.78. The van der Waals surface area contributed by atoms with Crippen molar-refractivity contribution in [3.63, 3.8) is 0 Å². The number of hydrogen-bond donors (Lipinski definition) is 0. The summed E-state index contributed by atoms with van der Waals surface area (Å²) in [4.78, 5) is 0. The molecule has 302 valence electrons. The van der Waals surface area contributed by atoms with Gasteiger partial charge in [-0.2, -0.15) is 8.78 Å². The SMILES string of the molecule is CCCOc1ccc(C#C[C@H]2CC[C@H](c3ccc(CC)cc3)CC2)c(F)c1F.CCCOc1ccc(C#C[C@H]2CC[C@H](c3ccc(CCC)cc3)CC2)c(F)c1F. The number of ether oxygens (including phenoxy) is 2. The Morgan fingerprint density at radius 2 is 0.877 bits per heavy atom. The van der Waals surface area contributed by atoms with E-state index < -0.39 is 23.3 Å². The van der Waals surface area contributed by atoms with Crippen molar-refractivity contribution in [3.8, 4) is 35.2 Å². The van der Waals surface area contributed by atoms with Gasteiger partial charge in [-0.3, -0.25) is 0 Å². The highest BCUT2D eigenvalue weighted by atomic mass is 19.2. The van der Waals surface area contributed by atoms with Gasteiger partial charge in [0.25, 0.3) is 0 Å². The lowest BCUT2D eigenvalue weighted by Crippen LogP contribution is -2.12. The first-order valence-electron chi connectivity index (χ1n) is 21.2. The van der Waals surface area contributed by atoms with E-state index in [0.29, 0.717) is 25.0 Å². The maximum absolute atomic E-state index is 14.3. The minimum atomic E-state index is -0.945. The molecule has 4 aromatic carbocycles. The Labute approximate surface area is 338 Å². The molecule has 0 bridgehead atoms. The highest BCUT2D eigenvalue weighted by Gasteiger charge is 2.23. The fourth-order valence-electron chi connectivity index (χ4n) is 7.68. The molecular weight excluding hydrogens is 721 g/mol. The third-order valence-electron chi connectivity index (χ3n) is 11.1. The molecule has 0 amide bonds. The standard InChI is InChI=1S/C26H30F2O.C25H28F2O/c1-3-5-19-6-11-21(12-7-19)22-13-8-20(9-14-22)10-15-23-16-17-24(29-18-4-2)26(28)25(23)27;1-3-17-28-23-16-15-22(24(26)25(23)27)14-9-19-7-12-21(13-8-19)20-10-5-18(4-2)6-11-20/h6-7,11-12,16-17,20,22H,3-5,8-9,13-14,18H2,1-2H3;5-6,10-11,15-16,19,21H,3-4,7-8,12-13,17H2,1-2H3/t20-,22-;19-,21-. The highest BCUT2D eigenvalue weighted by molar-refractivity contribution is 5.42. The topological polar surface area (TPSA) is 18.5 Å². The predicted octanol–water partition coefficient (Wildman–Crippen LogP) is 13.7. The lowest BCUT2D eigenvalue weighted by molar-refractivity contribution is 0.295. The molecule has 0 unspecified atom stereocenters. The van der Waals surface area contributed by atoms with Crippen molar-refractivity contribution >= 4 is 0 Å². The Hall–Kier alpha value is -4.68. The van der Waals surface area contributed by atoms with Gasteiger partial charge < -0.3 is 9.47 Å². The molecule has 6 rings (SSSR count). The number of aryl methyl sites for hydroxylation is 2. The van der Waals surface area contributed by atoms with E-state index in [1.54, 1.807) is 0 Å². The van der Waals surface area contributed by atoms with Crippen LogP contribution in [-0.4, -0.2) is 13.2 Å². The van der Waals surface area contributed by atoms with Gasteiger partial charge in [0, 0.05) is 11.8 Å². The second-order valence-electron chi connectivity index (χ2n) is 15.4. The summed E-state index contributed by atoms with van der Waals surface area (Å²) >= 11 is 0. The maximum Gasteiger partial charge on any atom is 0.201 e. The van der Waals surface area contributed by atoms with Crippen LogP contribution in [0.2, 0.25) is 0 Å². The molecule has 57 heavy (non-hydrogen) atoms. The largest absolute Gasteiger partial charge is 0.490 e. The van der Waals surface area contributed by atoms with Gasteiger partial charge in [0.15, 0.2) is 23.1 Å². The van der Waals surface area contributed by atoms with Gasteiger partial charge in [-0.25, -0.2) is 8.78 Å². The molecule has 0 atom stereocenters. The van der Waals surface area contributed by atoms with Crippen LogP contribution >= 0.6 is 0 Å². The highest BCUT2D eigenvalue weighted by Crippen LogP contribution is 2.37. The zero-order valence-electron chi connectivity index (χ0n) is 34.2. The van der Waals surface area contributed by atoms with E-state index in [4.69, 9.17) is 9.47 Å². The van der Waals surface area contributed by atoms with Crippen molar-refractivity contribution in [2.75, 3.05) is 13.2 Å². The summed E-state index contributed by atoms with van der Waals surface area (Å²) in [5.41, 5.74) is 5.80. The molecule has 2 nitrogen and oxygen atoms in total. The van der Waals surface area contributed by atoms with Crippen LogP contribution in [0.15, 0.2) is 72.8 Å². The fourth-order valence-corrected chi connectivity index (χ4v) is 7.68. The van der Waals surface area contributed by atoms with Crippen LogP contribution in [0.25, 0.3) is 0 Å². The average Bonchev–Trinajstić information content (AvgIpc) is 3.25. The summed E-state index contributed by atoms with van der Waals surface area (Å²) in [5, 5.41) is 0. The van der Waals surface area contributed by atoms with Gasteiger partial charge >= 0.3 is 0 Å². The Bertz CT molecular complexity index is 1980. The van der Waals surface area contributed by atoms with Gasteiger partial charge in [-0.1, -0.05) is 106 Å². The molecule has 2 fully saturated rings. The van der Waals surface area contributed by atoms with Crippen molar-refractivity contribution < 1.29 is 27.0 Å². The van der Waals surface area contributed by atoms with E-state index in [9.17, 15) is 17.6 Å². The monoisotopic (exact) mass is 778 g/mol. The molecule has 2 aliphatic rings. The van der Waals surface area contributed by atoms with Crippen LogP contribution in [0.4, 0.5) is 17.6 Å². The van der Waals surface area contributed by atoms with Crippen molar-refractivity contribution in [1.82, 2.24) is 0 Å². The van der Waals surface area contributed by atoms with E-state index in [2.05, 4.69) is 86.1 Å². The normalized spacial score (nSPS) is 18.9. The number of benzene rings is 4. The summed E-state index contributed by atoms with van der Waals surface area (Å²) in [6.07, 6.45) is 13.2. The summed E-state index contributed by atoms with van der Waals surface area (Å²) in [6, 6.07) is 23.9. The van der Waals surface area contributed by atoms with Crippen molar-refractivity contribution in [2.24, 2.45) is 11.8 Å². The van der Waals surface area contributed by atoms with Crippen LogP contribution in [-0.2, 0) is 12.8 Å². The van der Waals surface area contributed by atoms with Crippen LogP contribution in [0.3, 0.4) is 0 Å². The minimum absolute atomic E-state index is 0.0413. The van der Waals surface area contributed by atoms with Crippen molar-refractivity contribution in [3.05, 3.63) is 129 Å². The van der Waals surface area contributed by atoms with E-state index in [1.807, 2.05) is 13.8 Å². The van der Waals surface area contributed by atoms with Crippen LogP contribution in [0.5, 0.6) is 11.5 Å². The molecule has 0 N–H and O–H groups in total. The first kappa shape index (κ1) is 43.4. The van der Waals surface area contributed by atoms with Gasteiger partial charge in [0.2, 0.25) is 11.6 Å².